The Morgan fingerprint density at radius 2 is 1.19 bits per heavy atom. The Bertz CT molecular complexity index is 1390. The van der Waals surface area contributed by atoms with E-state index in [9.17, 15) is 14.4 Å². The summed E-state index contributed by atoms with van der Waals surface area (Å²) in [5, 5.41) is 2.96. The van der Waals surface area contributed by atoms with E-state index in [1.54, 1.807) is 42.5 Å². The number of anilines is 1. The minimum absolute atomic E-state index is 0.118. The fourth-order valence-electron chi connectivity index (χ4n) is 3.93. The monoisotopic (exact) mass is 437 g/mol. The number of benzene rings is 4. The molecule has 4 aromatic rings. The molecule has 0 saturated heterocycles. The first kappa shape index (κ1) is 19.9. The molecule has 1 aliphatic rings. The number of hydrogen-bond acceptors (Lipinski definition) is 3. The summed E-state index contributed by atoms with van der Waals surface area (Å²) in [5.41, 5.74) is 3.58. The molecule has 154 valence electrons. The molecule has 0 saturated carbocycles. The van der Waals surface area contributed by atoms with Crippen LogP contribution in [0.1, 0.15) is 42.2 Å². The number of rotatable bonds is 3. The van der Waals surface area contributed by atoms with Gasteiger partial charge in [0.2, 0.25) is 0 Å². The van der Waals surface area contributed by atoms with E-state index >= 15 is 0 Å². The highest BCUT2D eigenvalue weighted by Gasteiger charge is 2.33. The van der Waals surface area contributed by atoms with Crippen LogP contribution in [0, 0.1) is 0 Å². The van der Waals surface area contributed by atoms with Crippen molar-refractivity contribution in [2.75, 3.05) is 5.32 Å². The molecule has 4 nitrogen and oxygen atoms in total. The minimum Gasteiger partial charge on any atom is -0.321 e. The Balaban J connectivity index is 1.49. The van der Waals surface area contributed by atoms with Crippen molar-refractivity contribution >= 4 is 34.8 Å². The summed E-state index contributed by atoms with van der Waals surface area (Å²) in [5.74, 6) is -1.05. The Hall–Kier alpha value is -4.02. The molecule has 0 fully saturated rings. The van der Waals surface area contributed by atoms with Gasteiger partial charge in [0.05, 0.1) is 21.8 Å². The molecule has 5 heteroatoms. The van der Waals surface area contributed by atoms with Crippen molar-refractivity contribution in [2.24, 2.45) is 0 Å². The number of hydrogen-bond donors (Lipinski definition) is 1. The summed E-state index contributed by atoms with van der Waals surface area (Å²) < 4.78 is 0. The van der Waals surface area contributed by atoms with Crippen LogP contribution >= 0.6 is 11.6 Å². The molecule has 0 atom stereocenters. The number of carbonyl (C=O) groups excluding carboxylic acids is 3. The molecule has 5 rings (SSSR count). The van der Waals surface area contributed by atoms with Crippen molar-refractivity contribution in [2.45, 2.75) is 0 Å². The molecule has 1 N–H and O–H groups in total. The lowest BCUT2D eigenvalue weighted by molar-refractivity contribution is 0.0978. The van der Waals surface area contributed by atoms with E-state index in [2.05, 4.69) is 5.32 Å². The predicted octanol–water partition coefficient (Wildman–Crippen LogP) is 6.03. The highest BCUT2D eigenvalue weighted by Crippen LogP contribution is 2.36. The van der Waals surface area contributed by atoms with E-state index in [1.807, 2.05) is 42.5 Å². The van der Waals surface area contributed by atoms with Gasteiger partial charge in [0.15, 0.2) is 11.6 Å². The van der Waals surface area contributed by atoms with Crippen molar-refractivity contribution in [1.29, 1.82) is 0 Å². The van der Waals surface area contributed by atoms with Crippen LogP contribution in [0.2, 0.25) is 5.02 Å². The van der Waals surface area contributed by atoms with Crippen LogP contribution in [0.25, 0.3) is 11.1 Å². The molecule has 0 aromatic heterocycles. The first-order valence-electron chi connectivity index (χ1n) is 10.0. The molecule has 0 aliphatic heterocycles. The van der Waals surface area contributed by atoms with E-state index in [-0.39, 0.29) is 39.3 Å². The maximum atomic E-state index is 13.2. The topological polar surface area (TPSA) is 63.2 Å². The summed E-state index contributed by atoms with van der Waals surface area (Å²) in [6.45, 7) is 0. The smallest absolute Gasteiger partial charge is 0.255 e. The van der Waals surface area contributed by atoms with Crippen molar-refractivity contribution < 1.29 is 14.4 Å². The maximum Gasteiger partial charge on any atom is 0.255 e. The van der Waals surface area contributed by atoms with Gasteiger partial charge >= 0.3 is 0 Å². The van der Waals surface area contributed by atoms with Crippen LogP contribution in [0.15, 0.2) is 91.0 Å². The van der Waals surface area contributed by atoms with Crippen LogP contribution in [-0.4, -0.2) is 17.5 Å². The Morgan fingerprint density at radius 1 is 0.625 bits per heavy atom. The molecule has 0 unspecified atom stereocenters. The number of halogens is 1. The second-order valence-corrected chi connectivity index (χ2v) is 7.85. The lowest BCUT2D eigenvalue weighted by Gasteiger charge is -2.21. The fourth-order valence-corrected chi connectivity index (χ4v) is 4.17. The first-order chi connectivity index (χ1) is 15.5. The quantitative estimate of drug-likeness (QED) is 0.374. The van der Waals surface area contributed by atoms with E-state index in [4.69, 9.17) is 11.6 Å². The van der Waals surface area contributed by atoms with Gasteiger partial charge < -0.3 is 5.32 Å². The summed E-state index contributed by atoms with van der Waals surface area (Å²) in [6, 6.07) is 26.7. The van der Waals surface area contributed by atoms with E-state index in [0.717, 1.165) is 11.1 Å². The zero-order chi connectivity index (χ0) is 22.2. The van der Waals surface area contributed by atoms with Crippen LogP contribution in [-0.2, 0) is 0 Å². The minimum atomic E-state index is -0.381. The Kier molecular flexibility index (Phi) is 4.92. The number of amides is 1. The lowest BCUT2D eigenvalue weighted by atomic mass is 9.83. The predicted molar refractivity (Wildman–Crippen MR) is 125 cm³/mol. The van der Waals surface area contributed by atoms with Crippen LogP contribution in [0.4, 0.5) is 5.69 Å². The number of nitrogens with one attached hydrogen (secondary N) is 1. The maximum absolute atomic E-state index is 13.2. The lowest BCUT2D eigenvalue weighted by Crippen LogP contribution is -2.24. The van der Waals surface area contributed by atoms with E-state index in [1.165, 1.54) is 6.07 Å². The molecule has 0 spiro atoms. The zero-order valence-corrected chi connectivity index (χ0v) is 17.5. The molecule has 4 aromatic carbocycles. The molecule has 1 amide bonds. The fraction of sp³-hybridized carbons (Fsp3) is 0. The van der Waals surface area contributed by atoms with Crippen LogP contribution < -0.4 is 5.32 Å². The second-order valence-electron chi connectivity index (χ2n) is 7.45. The third-order valence-electron chi connectivity index (χ3n) is 5.53. The first-order valence-corrected chi connectivity index (χ1v) is 10.4. The number of ketones is 2. The highest BCUT2D eigenvalue weighted by atomic mass is 35.5. The van der Waals surface area contributed by atoms with Gasteiger partial charge in [0, 0.05) is 16.7 Å². The summed E-state index contributed by atoms with van der Waals surface area (Å²) in [7, 11) is 0. The van der Waals surface area contributed by atoms with E-state index in [0.29, 0.717) is 16.7 Å². The van der Waals surface area contributed by atoms with Crippen molar-refractivity contribution in [3.63, 3.8) is 0 Å². The van der Waals surface area contributed by atoms with Crippen molar-refractivity contribution in [1.82, 2.24) is 0 Å². The average Bonchev–Trinajstić information content (AvgIpc) is 2.84. The third kappa shape index (κ3) is 3.31. The zero-order valence-electron chi connectivity index (χ0n) is 16.8. The third-order valence-corrected chi connectivity index (χ3v) is 5.84. The SMILES string of the molecule is O=C(Nc1ccc(Cl)c2c1C(=O)c1ccccc1C2=O)c1ccc(-c2ccccc2)cc1. The normalized spacial score (nSPS) is 12.2. The molecule has 32 heavy (non-hydrogen) atoms. The highest BCUT2D eigenvalue weighted by molar-refractivity contribution is 6.40. The summed E-state index contributed by atoms with van der Waals surface area (Å²) >= 11 is 6.28. The van der Waals surface area contributed by atoms with Gasteiger partial charge in [0.25, 0.3) is 5.91 Å². The molecular weight excluding hydrogens is 422 g/mol. The van der Waals surface area contributed by atoms with Crippen LogP contribution in [0.5, 0.6) is 0 Å². The van der Waals surface area contributed by atoms with Crippen molar-refractivity contribution in [3.8, 4) is 11.1 Å². The molecule has 1 aliphatic carbocycles. The number of fused-ring (bicyclic) bond motifs is 2. The van der Waals surface area contributed by atoms with Gasteiger partial charge in [-0.2, -0.15) is 0 Å². The largest absolute Gasteiger partial charge is 0.321 e. The Morgan fingerprint density at radius 3 is 1.84 bits per heavy atom. The molecule has 0 radical (unpaired) electrons. The van der Waals surface area contributed by atoms with Gasteiger partial charge in [0.1, 0.15) is 0 Å². The molecular formula is C27H16ClNO3. The van der Waals surface area contributed by atoms with E-state index < -0.39 is 0 Å². The molecule has 0 bridgehead atoms. The molecule has 0 heterocycles. The Labute approximate surface area is 189 Å². The van der Waals surface area contributed by atoms with Gasteiger partial charge in [-0.3, -0.25) is 14.4 Å². The van der Waals surface area contributed by atoms with Gasteiger partial charge in [-0.25, -0.2) is 0 Å². The average molecular weight is 438 g/mol. The number of carbonyl (C=O) groups is 3. The standard InChI is InChI=1S/C27H16ClNO3/c28-21-14-15-22(24-23(21)25(30)19-8-4-5-9-20(19)26(24)31)29-27(32)18-12-10-17(11-13-18)16-6-2-1-3-7-16/h1-15H,(H,29,32). The summed E-state index contributed by atoms with van der Waals surface area (Å²) in [4.78, 5) is 39.1. The van der Waals surface area contributed by atoms with Crippen LogP contribution in [0.3, 0.4) is 0 Å². The van der Waals surface area contributed by atoms with Gasteiger partial charge in [-0.15, -0.1) is 0 Å². The van der Waals surface area contributed by atoms with Gasteiger partial charge in [-0.05, 0) is 35.4 Å². The van der Waals surface area contributed by atoms with Crippen molar-refractivity contribution in [3.05, 3.63) is 124 Å². The summed E-state index contributed by atoms with van der Waals surface area (Å²) in [6.07, 6.45) is 0. The second kappa shape index (κ2) is 7.91. The van der Waals surface area contributed by atoms with Gasteiger partial charge in [-0.1, -0.05) is 78.3 Å².